The van der Waals surface area contributed by atoms with Gasteiger partial charge in [-0.2, -0.15) is 0 Å². The largest absolute Gasteiger partial charge is 0.356 e. The van der Waals surface area contributed by atoms with Crippen LogP contribution in [-0.2, 0) is 0 Å². The second-order valence-electron chi connectivity index (χ2n) is 7.61. The van der Waals surface area contributed by atoms with Crippen molar-refractivity contribution in [3.05, 3.63) is 0 Å². The summed E-state index contributed by atoms with van der Waals surface area (Å²) in [6.45, 7) is 4.64. The molecular formula is C19H38N4. The van der Waals surface area contributed by atoms with Gasteiger partial charge < -0.3 is 15.5 Å². The first-order valence-corrected chi connectivity index (χ1v) is 9.91. The number of guanidine groups is 1. The molecule has 2 N–H and O–H groups in total. The fourth-order valence-corrected chi connectivity index (χ4v) is 4.04. The van der Waals surface area contributed by atoms with Gasteiger partial charge in [-0.3, -0.25) is 4.99 Å². The summed E-state index contributed by atoms with van der Waals surface area (Å²) in [5, 5.41) is 6.98. The monoisotopic (exact) mass is 322 g/mol. The van der Waals surface area contributed by atoms with E-state index in [9.17, 15) is 0 Å². The maximum atomic E-state index is 4.35. The summed E-state index contributed by atoms with van der Waals surface area (Å²) in [6, 6.07) is 0. The lowest BCUT2D eigenvalue weighted by Crippen LogP contribution is -2.39. The molecule has 0 spiro atoms. The number of nitrogens with one attached hydrogen (secondary N) is 2. The van der Waals surface area contributed by atoms with Crippen LogP contribution in [0, 0.1) is 11.8 Å². The third kappa shape index (κ3) is 7.56. The Morgan fingerprint density at radius 1 is 0.913 bits per heavy atom. The van der Waals surface area contributed by atoms with Crippen LogP contribution in [0.4, 0.5) is 0 Å². The highest BCUT2D eigenvalue weighted by Crippen LogP contribution is 2.26. The van der Waals surface area contributed by atoms with Crippen LogP contribution in [-0.4, -0.2) is 51.1 Å². The molecule has 0 aromatic rings. The summed E-state index contributed by atoms with van der Waals surface area (Å²) in [5.41, 5.74) is 0. The van der Waals surface area contributed by atoms with Crippen LogP contribution in [0.3, 0.4) is 0 Å². The molecule has 0 aromatic heterocycles. The highest BCUT2D eigenvalue weighted by molar-refractivity contribution is 5.79. The molecule has 1 aliphatic heterocycles. The van der Waals surface area contributed by atoms with E-state index < -0.39 is 0 Å². The Hall–Kier alpha value is -0.770. The summed E-state index contributed by atoms with van der Waals surface area (Å²) in [5.74, 6) is 2.87. The van der Waals surface area contributed by atoms with Gasteiger partial charge in [0.25, 0.3) is 0 Å². The van der Waals surface area contributed by atoms with Crippen LogP contribution in [0.15, 0.2) is 4.99 Å². The first kappa shape index (κ1) is 18.6. The summed E-state index contributed by atoms with van der Waals surface area (Å²) in [4.78, 5) is 6.79. The molecule has 0 unspecified atom stereocenters. The molecule has 0 aromatic carbocycles. The molecule has 23 heavy (non-hydrogen) atoms. The van der Waals surface area contributed by atoms with Crippen molar-refractivity contribution in [3.8, 4) is 0 Å². The molecule has 2 aliphatic rings. The molecule has 1 aliphatic carbocycles. The maximum absolute atomic E-state index is 4.35. The standard InChI is InChI=1S/C19H38N4/c1-20-19(21-13-6-9-17-7-4-3-5-8-17)22-14-10-18-11-15-23(2)16-12-18/h17-18H,3-16H2,1-2H3,(H2,20,21,22). The fraction of sp³-hybridized carbons (Fsp3) is 0.947. The molecule has 0 atom stereocenters. The molecular weight excluding hydrogens is 284 g/mol. The van der Waals surface area contributed by atoms with Gasteiger partial charge in [-0.25, -0.2) is 0 Å². The number of nitrogens with zero attached hydrogens (tertiary/aromatic N) is 2. The quantitative estimate of drug-likeness (QED) is 0.429. The van der Waals surface area contributed by atoms with Crippen molar-refractivity contribution in [1.82, 2.24) is 15.5 Å². The van der Waals surface area contributed by atoms with Crippen LogP contribution < -0.4 is 10.6 Å². The Kier molecular flexibility index (Phi) is 8.80. The predicted molar refractivity (Wildman–Crippen MR) is 100 cm³/mol. The van der Waals surface area contributed by atoms with Gasteiger partial charge in [0.1, 0.15) is 0 Å². The average Bonchev–Trinajstić information content (AvgIpc) is 2.59. The molecule has 1 saturated carbocycles. The SMILES string of the molecule is CN=C(NCCCC1CCCCC1)NCCC1CCN(C)CC1. The van der Waals surface area contributed by atoms with Crippen molar-refractivity contribution in [3.63, 3.8) is 0 Å². The number of piperidine rings is 1. The Labute approximate surface area is 143 Å². The van der Waals surface area contributed by atoms with Crippen molar-refractivity contribution in [2.75, 3.05) is 40.3 Å². The molecule has 2 rings (SSSR count). The summed E-state index contributed by atoms with van der Waals surface area (Å²) in [7, 11) is 4.11. The highest BCUT2D eigenvalue weighted by atomic mass is 15.2. The molecule has 134 valence electrons. The fourth-order valence-electron chi connectivity index (χ4n) is 4.04. The van der Waals surface area contributed by atoms with E-state index in [4.69, 9.17) is 0 Å². The zero-order chi connectivity index (χ0) is 16.3. The molecule has 0 radical (unpaired) electrons. The number of likely N-dealkylation sites (tertiary alicyclic amines) is 1. The van der Waals surface area contributed by atoms with Crippen LogP contribution in [0.25, 0.3) is 0 Å². The number of rotatable bonds is 7. The van der Waals surface area contributed by atoms with Crippen LogP contribution in [0.5, 0.6) is 0 Å². The van der Waals surface area contributed by atoms with Gasteiger partial charge in [-0.1, -0.05) is 32.1 Å². The van der Waals surface area contributed by atoms with Crippen LogP contribution >= 0.6 is 0 Å². The number of aliphatic imine (C=N–C) groups is 1. The molecule has 2 fully saturated rings. The average molecular weight is 323 g/mol. The van der Waals surface area contributed by atoms with Gasteiger partial charge >= 0.3 is 0 Å². The van der Waals surface area contributed by atoms with Crippen molar-refractivity contribution in [2.45, 2.75) is 64.2 Å². The Bertz CT molecular complexity index is 328. The lowest BCUT2D eigenvalue weighted by atomic mass is 9.86. The van der Waals surface area contributed by atoms with Gasteiger partial charge in [0.15, 0.2) is 5.96 Å². The summed E-state index contributed by atoms with van der Waals surface area (Å²) in [6.07, 6.45) is 13.9. The second-order valence-corrected chi connectivity index (χ2v) is 7.61. The molecule has 0 amide bonds. The third-order valence-corrected chi connectivity index (χ3v) is 5.71. The normalized spacial score (nSPS) is 22.3. The minimum absolute atomic E-state index is 0.892. The van der Waals surface area contributed by atoms with Crippen molar-refractivity contribution in [1.29, 1.82) is 0 Å². The molecule has 4 heteroatoms. The van der Waals surface area contributed by atoms with E-state index in [2.05, 4.69) is 27.6 Å². The van der Waals surface area contributed by atoms with E-state index in [1.807, 2.05) is 7.05 Å². The minimum Gasteiger partial charge on any atom is -0.356 e. The van der Waals surface area contributed by atoms with Gasteiger partial charge in [0.2, 0.25) is 0 Å². The van der Waals surface area contributed by atoms with Crippen LogP contribution in [0.1, 0.15) is 64.2 Å². The second kappa shape index (κ2) is 10.9. The minimum atomic E-state index is 0.892. The lowest BCUT2D eigenvalue weighted by Gasteiger charge is -2.29. The van der Waals surface area contributed by atoms with Gasteiger partial charge in [-0.05, 0) is 64.1 Å². The zero-order valence-corrected chi connectivity index (χ0v) is 15.4. The van der Waals surface area contributed by atoms with E-state index in [-0.39, 0.29) is 0 Å². The van der Waals surface area contributed by atoms with E-state index >= 15 is 0 Å². The first-order chi connectivity index (χ1) is 11.3. The topological polar surface area (TPSA) is 39.7 Å². The van der Waals surface area contributed by atoms with E-state index in [1.54, 1.807) is 0 Å². The number of hydrogen-bond acceptors (Lipinski definition) is 2. The van der Waals surface area contributed by atoms with E-state index in [1.165, 1.54) is 77.3 Å². The van der Waals surface area contributed by atoms with Gasteiger partial charge in [0, 0.05) is 20.1 Å². The predicted octanol–water partition coefficient (Wildman–Crippen LogP) is 3.24. The van der Waals surface area contributed by atoms with E-state index in [0.29, 0.717) is 0 Å². The first-order valence-electron chi connectivity index (χ1n) is 9.91. The Morgan fingerprint density at radius 3 is 2.26 bits per heavy atom. The van der Waals surface area contributed by atoms with Crippen molar-refractivity contribution in [2.24, 2.45) is 16.8 Å². The third-order valence-electron chi connectivity index (χ3n) is 5.71. The zero-order valence-electron chi connectivity index (χ0n) is 15.4. The number of hydrogen-bond donors (Lipinski definition) is 2. The molecule has 1 heterocycles. The van der Waals surface area contributed by atoms with Gasteiger partial charge in [-0.15, -0.1) is 0 Å². The van der Waals surface area contributed by atoms with Crippen molar-refractivity contribution < 1.29 is 0 Å². The van der Waals surface area contributed by atoms with Crippen molar-refractivity contribution >= 4 is 5.96 Å². The summed E-state index contributed by atoms with van der Waals surface area (Å²) >= 11 is 0. The van der Waals surface area contributed by atoms with Gasteiger partial charge in [0.05, 0.1) is 0 Å². The Balaban J connectivity index is 1.49. The Morgan fingerprint density at radius 2 is 1.57 bits per heavy atom. The van der Waals surface area contributed by atoms with E-state index in [0.717, 1.165) is 30.9 Å². The molecule has 1 saturated heterocycles. The lowest BCUT2D eigenvalue weighted by molar-refractivity contribution is 0.213. The van der Waals surface area contributed by atoms with Crippen LogP contribution in [0.2, 0.25) is 0 Å². The molecule has 4 nitrogen and oxygen atoms in total. The maximum Gasteiger partial charge on any atom is 0.190 e. The summed E-state index contributed by atoms with van der Waals surface area (Å²) < 4.78 is 0. The molecule has 0 bridgehead atoms. The smallest absolute Gasteiger partial charge is 0.190 e. The highest BCUT2D eigenvalue weighted by Gasteiger charge is 2.16.